The first-order valence-electron chi connectivity index (χ1n) is 5.84. The van der Waals surface area contributed by atoms with E-state index in [-0.39, 0.29) is 0 Å². The van der Waals surface area contributed by atoms with E-state index in [0.717, 1.165) is 11.5 Å². The number of nitrogens with one attached hydrogen (secondary N) is 1. The highest BCUT2D eigenvalue weighted by atomic mass is 15.1. The smallest absolute Gasteiger partial charge is 0.0565 e. The number of benzene rings is 1. The predicted molar refractivity (Wildman–Crippen MR) is 67.2 cm³/mol. The molecule has 0 fully saturated rings. The van der Waals surface area contributed by atoms with E-state index in [1.165, 1.54) is 24.0 Å². The highest BCUT2D eigenvalue weighted by molar-refractivity contribution is 5.61. The Morgan fingerprint density at radius 2 is 1.88 bits per heavy atom. The Hall–Kier alpha value is -1.57. The summed E-state index contributed by atoms with van der Waals surface area (Å²) in [6.45, 7) is 4.53. The molecule has 0 saturated carbocycles. The first-order chi connectivity index (χ1) is 7.75. The summed E-state index contributed by atoms with van der Waals surface area (Å²) in [4.78, 5) is 0. The lowest BCUT2D eigenvalue weighted by atomic mass is 10.0. The van der Waals surface area contributed by atoms with Gasteiger partial charge >= 0.3 is 0 Å². The van der Waals surface area contributed by atoms with Crippen molar-refractivity contribution < 1.29 is 0 Å². The number of hydrogen-bond acceptors (Lipinski definition) is 1. The van der Waals surface area contributed by atoms with Crippen molar-refractivity contribution in [1.29, 1.82) is 0 Å². The molecule has 0 spiro atoms. The molecular formula is C14H18N2. The van der Waals surface area contributed by atoms with E-state index in [9.17, 15) is 0 Å². The maximum atomic E-state index is 3.96. The number of aryl methyl sites for hydroxylation is 1. The second-order valence-corrected chi connectivity index (χ2v) is 4.62. The molecule has 1 aromatic carbocycles. The van der Waals surface area contributed by atoms with E-state index in [2.05, 4.69) is 48.3 Å². The van der Waals surface area contributed by atoms with E-state index in [1.54, 1.807) is 0 Å². The average molecular weight is 214 g/mol. The van der Waals surface area contributed by atoms with Crippen LogP contribution in [0.3, 0.4) is 0 Å². The first-order valence-corrected chi connectivity index (χ1v) is 5.84. The fraction of sp³-hybridized carbons (Fsp3) is 0.357. The number of nitrogens with zero attached hydrogens (tertiary/aromatic N) is 1. The van der Waals surface area contributed by atoms with Crippen LogP contribution in [0, 0.1) is 5.92 Å². The molecule has 1 aromatic heterocycles. The minimum absolute atomic E-state index is 0.772. The van der Waals surface area contributed by atoms with Gasteiger partial charge in [-0.1, -0.05) is 38.1 Å². The second-order valence-electron chi connectivity index (χ2n) is 4.62. The molecule has 1 heterocycles. The molecule has 2 nitrogen and oxygen atoms in total. The minimum Gasteiger partial charge on any atom is -0.285 e. The molecule has 0 aliphatic carbocycles. The van der Waals surface area contributed by atoms with E-state index < -0.39 is 0 Å². The molecular weight excluding hydrogens is 196 g/mol. The van der Waals surface area contributed by atoms with Gasteiger partial charge in [-0.3, -0.25) is 5.10 Å². The summed E-state index contributed by atoms with van der Waals surface area (Å²) in [5.41, 5.74) is 3.79. The van der Waals surface area contributed by atoms with Gasteiger partial charge in [0.2, 0.25) is 0 Å². The zero-order valence-electron chi connectivity index (χ0n) is 9.90. The van der Waals surface area contributed by atoms with Crippen molar-refractivity contribution in [1.82, 2.24) is 10.2 Å². The standard InChI is InChI=1S/C14H18N2/c1-11(2)3-4-12-5-7-13(8-6-12)14-9-15-16-10-14/h5-11H,3-4H2,1-2H3,(H,15,16). The molecule has 0 bridgehead atoms. The second kappa shape index (κ2) is 4.97. The van der Waals surface area contributed by atoms with Gasteiger partial charge in [0.1, 0.15) is 0 Å². The highest BCUT2D eigenvalue weighted by Crippen LogP contribution is 2.19. The molecule has 0 atom stereocenters. The number of rotatable bonds is 4. The highest BCUT2D eigenvalue weighted by Gasteiger charge is 2.00. The molecule has 0 aliphatic heterocycles. The minimum atomic E-state index is 0.772. The lowest BCUT2D eigenvalue weighted by molar-refractivity contribution is 0.587. The molecule has 84 valence electrons. The molecule has 1 N–H and O–H groups in total. The third kappa shape index (κ3) is 2.72. The quantitative estimate of drug-likeness (QED) is 0.826. The van der Waals surface area contributed by atoms with Crippen LogP contribution in [-0.2, 0) is 6.42 Å². The summed E-state index contributed by atoms with van der Waals surface area (Å²) < 4.78 is 0. The Morgan fingerprint density at radius 1 is 1.12 bits per heavy atom. The van der Waals surface area contributed by atoms with Gasteiger partial charge in [-0.05, 0) is 29.9 Å². The summed E-state index contributed by atoms with van der Waals surface area (Å²) >= 11 is 0. The summed E-state index contributed by atoms with van der Waals surface area (Å²) in [6.07, 6.45) is 6.20. The Labute approximate surface area is 96.7 Å². The average Bonchev–Trinajstić information content (AvgIpc) is 2.80. The van der Waals surface area contributed by atoms with Crippen LogP contribution in [0.4, 0.5) is 0 Å². The van der Waals surface area contributed by atoms with Gasteiger partial charge in [-0.2, -0.15) is 5.10 Å². The largest absolute Gasteiger partial charge is 0.285 e. The Morgan fingerprint density at radius 3 is 2.44 bits per heavy atom. The topological polar surface area (TPSA) is 28.7 Å². The molecule has 0 unspecified atom stereocenters. The third-order valence-electron chi connectivity index (χ3n) is 2.80. The Kier molecular flexibility index (Phi) is 3.40. The first kappa shape index (κ1) is 10.9. The summed E-state index contributed by atoms with van der Waals surface area (Å²) in [5, 5.41) is 6.79. The molecule has 0 aliphatic rings. The fourth-order valence-electron chi connectivity index (χ4n) is 1.73. The SMILES string of the molecule is CC(C)CCc1ccc(-c2cn[nH]c2)cc1. The number of aromatic nitrogens is 2. The van der Waals surface area contributed by atoms with Gasteiger partial charge in [-0.15, -0.1) is 0 Å². The Bertz CT molecular complexity index is 413. The van der Waals surface area contributed by atoms with Crippen molar-refractivity contribution in [2.24, 2.45) is 5.92 Å². The maximum absolute atomic E-state index is 3.96. The predicted octanol–water partition coefficient (Wildman–Crippen LogP) is 3.67. The van der Waals surface area contributed by atoms with Crippen molar-refractivity contribution >= 4 is 0 Å². The van der Waals surface area contributed by atoms with Crippen LogP contribution < -0.4 is 0 Å². The maximum Gasteiger partial charge on any atom is 0.0565 e. The van der Waals surface area contributed by atoms with E-state index in [1.807, 2.05) is 12.4 Å². The monoisotopic (exact) mass is 214 g/mol. The van der Waals surface area contributed by atoms with E-state index in [4.69, 9.17) is 0 Å². The van der Waals surface area contributed by atoms with Gasteiger partial charge in [0.15, 0.2) is 0 Å². The molecule has 0 saturated heterocycles. The van der Waals surface area contributed by atoms with Crippen LogP contribution in [0.15, 0.2) is 36.7 Å². The number of H-pyrrole nitrogens is 1. The zero-order valence-corrected chi connectivity index (χ0v) is 9.90. The van der Waals surface area contributed by atoms with Crippen molar-refractivity contribution in [2.45, 2.75) is 26.7 Å². The number of hydrogen-bond donors (Lipinski definition) is 1. The van der Waals surface area contributed by atoms with Crippen molar-refractivity contribution in [3.63, 3.8) is 0 Å². The van der Waals surface area contributed by atoms with E-state index >= 15 is 0 Å². The summed E-state index contributed by atoms with van der Waals surface area (Å²) in [6, 6.07) is 8.76. The van der Waals surface area contributed by atoms with Crippen LogP contribution >= 0.6 is 0 Å². The zero-order chi connectivity index (χ0) is 11.4. The van der Waals surface area contributed by atoms with Gasteiger partial charge in [0.25, 0.3) is 0 Å². The van der Waals surface area contributed by atoms with Gasteiger partial charge in [-0.25, -0.2) is 0 Å². The molecule has 2 heteroatoms. The normalized spacial score (nSPS) is 10.9. The fourth-order valence-corrected chi connectivity index (χ4v) is 1.73. The van der Waals surface area contributed by atoms with Gasteiger partial charge in [0, 0.05) is 11.8 Å². The molecule has 0 amide bonds. The van der Waals surface area contributed by atoms with Crippen LogP contribution in [0.5, 0.6) is 0 Å². The summed E-state index contributed by atoms with van der Waals surface area (Å²) in [7, 11) is 0. The van der Waals surface area contributed by atoms with Crippen LogP contribution in [0.1, 0.15) is 25.8 Å². The Balaban J connectivity index is 2.05. The third-order valence-corrected chi connectivity index (χ3v) is 2.80. The molecule has 2 rings (SSSR count). The van der Waals surface area contributed by atoms with Crippen LogP contribution in [0.2, 0.25) is 0 Å². The molecule has 16 heavy (non-hydrogen) atoms. The van der Waals surface area contributed by atoms with E-state index in [0.29, 0.717) is 0 Å². The van der Waals surface area contributed by atoms with Crippen molar-refractivity contribution in [3.05, 3.63) is 42.2 Å². The number of aromatic amines is 1. The van der Waals surface area contributed by atoms with Gasteiger partial charge < -0.3 is 0 Å². The lowest BCUT2D eigenvalue weighted by Crippen LogP contribution is -1.91. The summed E-state index contributed by atoms with van der Waals surface area (Å²) in [5.74, 6) is 0.772. The van der Waals surface area contributed by atoms with Crippen molar-refractivity contribution in [2.75, 3.05) is 0 Å². The van der Waals surface area contributed by atoms with Crippen LogP contribution in [0.25, 0.3) is 11.1 Å². The van der Waals surface area contributed by atoms with Gasteiger partial charge in [0.05, 0.1) is 6.20 Å². The molecule has 2 aromatic rings. The lowest BCUT2D eigenvalue weighted by Gasteiger charge is -2.05. The van der Waals surface area contributed by atoms with Crippen molar-refractivity contribution in [3.8, 4) is 11.1 Å². The molecule has 0 radical (unpaired) electrons. The van der Waals surface area contributed by atoms with Crippen LogP contribution in [-0.4, -0.2) is 10.2 Å².